The highest BCUT2D eigenvalue weighted by Crippen LogP contribution is 2.31. The van der Waals surface area contributed by atoms with Crippen LogP contribution in [-0.4, -0.2) is 34.7 Å². The Morgan fingerprint density at radius 3 is 2.88 bits per heavy atom. The van der Waals surface area contributed by atoms with Crippen molar-refractivity contribution in [3.63, 3.8) is 0 Å². The van der Waals surface area contributed by atoms with Gasteiger partial charge in [-0.05, 0) is 44.9 Å². The summed E-state index contributed by atoms with van der Waals surface area (Å²) in [5.74, 6) is -1.08. The second-order valence-corrected chi connectivity index (χ2v) is 7.10. The van der Waals surface area contributed by atoms with E-state index in [9.17, 15) is 14.7 Å². The van der Waals surface area contributed by atoms with Crippen LogP contribution in [0.15, 0.2) is 23.6 Å². The Bertz CT molecular complexity index is 812. The molecule has 2 N–H and O–H groups in total. The molecular formula is C18H20N2O5S. The summed E-state index contributed by atoms with van der Waals surface area (Å²) in [5.41, 5.74) is 0.640. The van der Waals surface area contributed by atoms with E-state index in [1.165, 1.54) is 29.5 Å². The van der Waals surface area contributed by atoms with Gasteiger partial charge < -0.3 is 19.9 Å². The van der Waals surface area contributed by atoms with Crippen molar-refractivity contribution in [2.45, 2.75) is 38.9 Å². The highest BCUT2D eigenvalue weighted by Gasteiger charge is 2.23. The molecule has 1 aromatic carbocycles. The third-order valence-electron chi connectivity index (χ3n) is 3.80. The zero-order valence-corrected chi connectivity index (χ0v) is 15.3. The van der Waals surface area contributed by atoms with Gasteiger partial charge in [0.2, 0.25) is 0 Å². The molecule has 1 aliphatic rings. The monoisotopic (exact) mass is 376 g/mol. The number of thiazole rings is 1. The maximum Gasteiger partial charge on any atom is 0.335 e. The first-order valence-corrected chi connectivity index (χ1v) is 9.24. The number of nitrogens with zero attached hydrogens (tertiary/aromatic N) is 1. The van der Waals surface area contributed by atoms with Crippen LogP contribution in [0.2, 0.25) is 0 Å². The number of aromatic nitrogens is 1. The minimum absolute atomic E-state index is 0.0447. The molecule has 138 valence electrons. The predicted octanol–water partition coefficient (Wildman–Crippen LogP) is 3.73. The van der Waals surface area contributed by atoms with Gasteiger partial charge in [-0.15, -0.1) is 11.3 Å². The van der Waals surface area contributed by atoms with E-state index < -0.39 is 11.9 Å². The Labute approximate surface area is 155 Å². The van der Waals surface area contributed by atoms with Crippen molar-refractivity contribution >= 4 is 28.9 Å². The molecule has 2 heterocycles. The number of hydrogen-bond acceptors (Lipinski definition) is 6. The molecule has 1 fully saturated rings. The summed E-state index contributed by atoms with van der Waals surface area (Å²) in [6.07, 6.45) is 1.73. The van der Waals surface area contributed by atoms with Gasteiger partial charge in [0, 0.05) is 12.0 Å². The minimum atomic E-state index is -1.08. The maximum atomic E-state index is 12.6. The summed E-state index contributed by atoms with van der Waals surface area (Å²) in [5, 5.41) is 14.3. The second kappa shape index (κ2) is 7.84. The first-order chi connectivity index (χ1) is 12.4. The number of carboxylic acid groups (broad SMARTS) is 1. The highest BCUT2D eigenvalue weighted by atomic mass is 32.1. The summed E-state index contributed by atoms with van der Waals surface area (Å²) in [7, 11) is 0. The van der Waals surface area contributed by atoms with Crippen LogP contribution in [0.1, 0.15) is 58.6 Å². The lowest BCUT2D eigenvalue weighted by Crippen LogP contribution is -2.16. The Morgan fingerprint density at radius 1 is 1.42 bits per heavy atom. The standard InChI is InChI=1S/C18H20N2O5S/c1-10(2)25-14-6-5-11(18(22)23)8-12(14)19-16(21)13-9-26-17(20-13)15-4-3-7-24-15/h5-6,8-10,15H,3-4,7H2,1-2H3,(H,19,21)(H,22,23). The van der Waals surface area contributed by atoms with Crippen LogP contribution in [0.3, 0.4) is 0 Å². The van der Waals surface area contributed by atoms with Crippen LogP contribution >= 0.6 is 11.3 Å². The maximum absolute atomic E-state index is 12.6. The third kappa shape index (κ3) is 4.20. The largest absolute Gasteiger partial charge is 0.489 e. The topological polar surface area (TPSA) is 97.8 Å². The average molecular weight is 376 g/mol. The van der Waals surface area contributed by atoms with Crippen LogP contribution in [0.5, 0.6) is 5.75 Å². The number of amides is 1. The molecule has 2 aromatic rings. The van der Waals surface area contributed by atoms with Gasteiger partial charge in [-0.1, -0.05) is 0 Å². The number of nitrogens with one attached hydrogen (secondary N) is 1. The molecule has 7 nitrogen and oxygen atoms in total. The number of ether oxygens (including phenoxy) is 2. The first kappa shape index (κ1) is 18.3. The van der Waals surface area contributed by atoms with Crippen molar-refractivity contribution in [2.24, 2.45) is 0 Å². The van der Waals surface area contributed by atoms with Crippen LogP contribution in [-0.2, 0) is 4.74 Å². The molecule has 0 aliphatic carbocycles. The quantitative estimate of drug-likeness (QED) is 0.797. The molecule has 1 unspecified atom stereocenters. The molecule has 26 heavy (non-hydrogen) atoms. The van der Waals surface area contributed by atoms with E-state index in [4.69, 9.17) is 9.47 Å². The number of hydrogen-bond donors (Lipinski definition) is 2. The van der Waals surface area contributed by atoms with Crippen molar-refractivity contribution in [1.82, 2.24) is 4.98 Å². The lowest BCUT2D eigenvalue weighted by Gasteiger charge is -2.15. The van der Waals surface area contributed by atoms with Gasteiger partial charge in [-0.2, -0.15) is 0 Å². The normalized spacial score (nSPS) is 16.7. The van der Waals surface area contributed by atoms with E-state index in [0.29, 0.717) is 18.0 Å². The van der Waals surface area contributed by atoms with E-state index in [1.54, 1.807) is 5.38 Å². The average Bonchev–Trinajstić information content (AvgIpc) is 3.27. The molecule has 1 atom stereocenters. The lowest BCUT2D eigenvalue weighted by molar-refractivity contribution is 0.0696. The van der Waals surface area contributed by atoms with Gasteiger partial charge in [0.25, 0.3) is 5.91 Å². The van der Waals surface area contributed by atoms with Crippen molar-refractivity contribution in [2.75, 3.05) is 11.9 Å². The Hall–Kier alpha value is -2.45. The molecule has 0 saturated carbocycles. The number of anilines is 1. The van der Waals surface area contributed by atoms with Crippen LogP contribution in [0.25, 0.3) is 0 Å². The smallest absolute Gasteiger partial charge is 0.335 e. The molecule has 3 rings (SSSR count). The summed E-state index contributed by atoms with van der Waals surface area (Å²) in [6, 6.07) is 4.36. The Morgan fingerprint density at radius 2 is 2.23 bits per heavy atom. The molecule has 1 aromatic heterocycles. The van der Waals surface area contributed by atoms with Gasteiger partial charge in [-0.25, -0.2) is 9.78 Å². The summed E-state index contributed by atoms with van der Waals surface area (Å²) in [6.45, 7) is 4.42. The fourth-order valence-electron chi connectivity index (χ4n) is 2.62. The first-order valence-electron chi connectivity index (χ1n) is 8.36. The second-order valence-electron chi connectivity index (χ2n) is 6.21. The van der Waals surface area contributed by atoms with Crippen LogP contribution in [0, 0.1) is 0 Å². The molecule has 1 aliphatic heterocycles. The fourth-order valence-corrected chi connectivity index (χ4v) is 3.50. The third-order valence-corrected chi connectivity index (χ3v) is 4.73. The van der Waals surface area contributed by atoms with Crippen LogP contribution < -0.4 is 10.1 Å². The van der Waals surface area contributed by atoms with Crippen LogP contribution in [0.4, 0.5) is 5.69 Å². The van der Waals surface area contributed by atoms with E-state index in [2.05, 4.69) is 10.3 Å². The van der Waals surface area contributed by atoms with Gasteiger partial charge in [-0.3, -0.25) is 4.79 Å². The van der Waals surface area contributed by atoms with Gasteiger partial charge in [0.05, 0.1) is 17.4 Å². The number of carbonyl (C=O) groups excluding carboxylic acids is 1. The van der Waals surface area contributed by atoms with Gasteiger partial charge >= 0.3 is 5.97 Å². The van der Waals surface area contributed by atoms with Crippen molar-refractivity contribution in [1.29, 1.82) is 0 Å². The van der Waals surface area contributed by atoms with E-state index >= 15 is 0 Å². The number of carbonyl (C=O) groups is 2. The number of benzene rings is 1. The van der Waals surface area contributed by atoms with Crippen molar-refractivity contribution < 1.29 is 24.2 Å². The number of aromatic carboxylic acids is 1. The lowest BCUT2D eigenvalue weighted by atomic mass is 10.2. The van der Waals surface area contributed by atoms with E-state index in [0.717, 1.165) is 17.8 Å². The van der Waals surface area contributed by atoms with Crippen molar-refractivity contribution in [3.05, 3.63) is 39.8 Å². The molecular weight excluding hydrogens is 356 g/mol. The minimum Gasteiger partial charge on any atom is -0.489 e. The van der Waals surface area contributed by atoms with E-state index in [1.807, 2.05) is 13.8 Å². The molecule has 0 radical (unpaired) electrons. The predicted molar refractivity (Wildman–Crippen MR) is 97.2 cm³/mol. The zero-order chi connectivity index (χ0) is 18.7. The van der Waals surface area contributed by atoms with Crippen molar-refractivity contribution in [3.8, 4) is 5.75 Å². The zero-order valence-electron chi connectivity index (χ0n) is 14.5. The summed E-state index contributed by atoms with van der Waals surface area (Å²) in [4.78, 5) is 28.1. The molecule has 8 heteroatoms. The summed E-state index contributed by atoms with van der Waals surface area (Å²) >= 11 is 1.39. The highest BCUT2D eigenvalue weighted by molar-refractivity contribution is 7.09. The van der Waals surface area contributed by atoms with Gasteiger partial charge in [0.1, 0.15) is 22.6 Å². The Kier molecular flexibility index (Phi) is 5.53. The number of carboxylic acids is 1. The SMILES string of the molecule is CC(C)Oc1ccc(C(=O)O)cc1NC(=O)c1csc(C2CCCO2)n1. The van der Waals surface area contributed by atoms with Gasteiger partial charge in [0.15, 0.2) is 0 Å². The Balaban J connectivity index is 1.81. The van der Waals surface area contributed by atoms with E-state index in [-0.39, 0.29) is 23.5 Å². The molecule has 0 bridgehead atoms. The molecule has 1 saturated heterocycles. The molecule has 1 amide bonds. The fraction of sp³-hybridized carbons (Fsp3) is 0.389. The summed E-state index contributed by atoms with van der Waals surface area (Å²) < 4.78 is 11.2. The number of rotatable bonds is 6. The molecule has 0 spiro atoms.